The lowest BCUT2D eigenvalue weighted by molar-refractivity contribution is -0.137. The molecule has 1 amide bonds. The SMILES string of the molecule is CCC(CCCCC(=O)O)NC(=O)OCC1c2ccccc2-c2ccccc21. The highest BCUT2D eigenvalue weighted by atomic mass is 16.5. The van der Waals surface area contributed by atoms with E-state index in [0.717, 1.165) is 19.3 Å². The van der Waals surface area contributed by atoms with E-state index in [1.54, 1.807) is 0 Å². The van der Waals surface area contributed by atoms with Gasteiger partial charge in [-0.1, -0.05) is 61.9 Å². The van der Waals surface area contributed by atoms with Gasteiger partial charge >= 0.3 is 12.1 Å². The predicted molar refractivity (Wildman–Crippen MR) is 108 cm³/mol. The van der Waals surface area contributed by atoms with Crippen molar-refractivity contribution in [2.75, 3.05) is 6.61 Å². The van der Waals surface area contributed by atoms with Crippen LogP contribution in [0.2, 0.25) is 0 Å². The van der Waals surface area contributed by atoms with Gasteiger partial charge in [0, 0.05) is 18.4 Å². The number of rotatable bonds is 9. The fourth-order valence-corrected chi connectivity index (χ4v) is 3.85. The molecule has 2 aromatic rings. The number of nitrogens with one attached hydrogen (secondary N) is 1. The molecule has 2 N–H and O–H groups in total. The van der Waals surface area contributed by atoms with Crippen LogP contribution in [0.4, 0.5) is 4.79 Å². The highest BCUT2D eigenvalue weighted by Crippen LogP contribution is 2.44. The minimum Gasteiger partial charge on any atom is -0.481 e. The summed E-state index contributed by atoms with van der Waals surface area (Å²) < 4.78 is 5.57. The topological polar surface area (TPSA) is 75.6 Å². The molecule has 1 atom stereocenters. The molecule has 3 rings (SSSR count). The van der Waals surface area contributed by atoms with Crippen molar-refractivity contribution in [3.05, 3.63) is 59.7 Å². The van der Waals surface area contributed by atoms with Crippen molar-refractivity contribution in [3.8, 4) is 11.1 Å². The number of unbranched alkanes of at least 4 members (excludes halogenated alkanes) is 1. The van der Waals surface area contributed by atoms with Crippen molar-refractivity contribution >= 4 is 12.1 Å². The fourth-order valence-electron chi connectivity index (χ4n) is 3.85. The van der Waals surface area contributed by atoms with Crippen molar-refractivity contribution in [1.82, 2.24) is 5.32 Å². The molecule has 2 aromatic carbocycles. The molecule has 1 aliphatic rings. The van der Waals surface area contributed by atoms with E-state index in [-0.39, 0.29) is 18.4 Å². The molecule has 0 bridgehead atoms. The number of aliphatic carboxylic acids is 1. The van der Waals surface area contributed by atoms with E-state index in [0.29, 0.717) is 13.0 Å². The Kier molecular flexibility index (Phi) is 6.69. The molecular formula is C23H27NO4. The summed E-state index contributed by atoms with van der Waals surface area (Å²) in [5, 5.41) is 11.6. The summed E-state index contributed by atoms with van der Waals surface area (Å²) in [6.45, 7) is 2.31. The Bertz CT molecular complexity index is 787. The van der Waals surface area contributed by atoms with Gasteiger partial charge in [0.25, 0.3) is 0 Å². The third-order valence-electron chi connectivity index (χ3n) is 5.35. The van der Waals surface area contributed by atoms with E-state index in [1.807, 2.05) is 31.2 Å². The number of hydrogen-bond acceptors (Lipinski definition) is 3. The van der Waals surface area contributed by atoms with E-state index in [2.05, 4.69) is 29.6 Å². The Morgan fingerprint density at radius 3 is 2.21 bits per heavy atom. The van der Waals surface area contributed by atoms with Gasteiger partial charge in [0.15, 0.2) is 0 Å². The summed E-state index contributed by atoms with van der Waals surface area (Å²) >= 11 is 0. The van der Waals surface area contributed by atoms with Gasteiger partial charge in [0.1, 0.15) is 6.61 Å². The Morgan fingerprint density at radius 1 is 1.04 bits per heavy atom. The predicted octanol–water partition coefficient (Wildman–Crippen LogP) is 4.95. The van der Waals surface area contributed by atoms with Crippen LogP contribution >= 0.6 is 0 Å². The van der Waals surface area contributed by atoms with Crippen LogP contribution < -0.4 is 5.32 Å². The first-order chi connectivity index (χ1) is 13.6. The normalized spacial score (nSPS) is 13.5. The van der Waals surface area contributed by atoms with Crippen molar-refractivity contribution in [1.29, 1.82) is 0 Å². The maximum Gasteiger partial charge on any atom is 0.407 e. The molecule has 0 heterocycles. The van der Waals surface area contributed by atoms with Crippen molar-refractivity contribution < 1.29 is 19.4 Å². The maximum atomic E-state index is 12.3. The molecule has 0 spiro atoms. The second kappa shape index (κ2) is 9.40. The van der Waals surface area contributed by atoms with Gasteiger partial charge in [-0.15, -0.1) is 0 Å². The van der Waals surface area contributed by atoms with Crippen molar-refractivity contribution in [2.45, 2.75) is 51.0 Å². The minimum absolute atomic E-state index is 0.00412. The number of carbonyl (C=O) groups excluding carboxylic acids is 1. The van der Waals surface area contributed by atoms with Crippen LogP contribution in [0.5, 0.6) is 0 Å². The molecule has 148 valence electrons. The summed E-state index contributed by atoms with van der Waals surface area (Å²) in [4.78, 5) is 22.9. The zero-order valence-corrected chi connectivity index (χ0v) is 16.2. The third kappa shape index (κ3) is 4.71. The molecule has 28 heavy (non-hydrogen) atoms. The lowest BCUT2D eigenvalue weighted by Crippen LogP contribution is -2.35. The summed E-state index contributed by atoms with van der Waals surface area (Å²) in [6, 6.07) is 16.5. The first-order valence-corrected chi connectivity index (χ1v) is 9.93. The summed E-state index contributed by atoms with van der Waals surface area (Å²) in [6.07, 6.45) is 2.70. The Labute approximate surface area is 165 Å². The van der Waals surface area contributed by atoms with Gasteiger partial charge in [0.05, 0.1) is 0 Å². The highest BCUT2D eigenvalue weighted by molar-refractivity contribution is 5.79. The van der Waals surface area contributed by atoms with Gasteiger partial charge in [-0.3, -0.25) is 4.79 Å². The average molecular weight is 381 g/mol. The van der Waals surface area contributed by atoms with Gasteiger partial charge < -0.3 is 15.2 Å². The molecular weight excluding hydrogens is 354 g/mol. The van der Waals surface area contributed by atoms with Gasteiger partial charge in [-0.2, -0.15) is 0 Å². The number of fused-ring (bicyclic) bond motifs is 3. The second-order valence-electron chi connectivity index (χ2n) is 7.21. The molecule has 0 fully saturated rings. The number of carboxylic acid groups (broad SMARTS) is 1. The maximum absolute atomic E-state index is 12.3. The standard InChI is InChI=1S/C23H27NO4/c1-2-16(9-3-8-14-22(25)26)24-23(27)28-15-21-19-12-6-4-10-17(19)18-11-5-7-13-20(18)21/h4-7,10-13,16,21H,2-3,8-9,14-15H2,1H3,(H,24,27)(H,25,26). The van der Waals surface area contributed by atoms with E-state index >= 15 is 0 Å². The number of hydrogen-bond donors (Lipinski definition) is 2. The molecule has 0 aliphatic heterocycles. The van der Waals surface area contributed by atoms with E-state index in [9.17, 15) is 9.59 Å². The van der Waals surface area contributed by atoms with E-state index < -0.39 is 12.1 Å². The molecule has 1 aliphatic carbocycles. The first kappa shape index (κ1) is 19.9. The largest absolute Gasteiger partial charge is 0.481 e. The number of ether oxygens (including phenoxy) is 1. The average Bonchev–Trinajstić information content (AvgIpc) is 3.02. The van der Waals surface area contributed by atoms with Gasteiger partial charge in [-0.05, 0) is 41.5 Å². The Hall–Kier alpha value is -2.82. The van der Waals surface area contributed by atoms with Gasteiger partial charge in [-0.25, -0.2) is 4.79 Å². The zero-order valence-electron chi connectivity index (χ0n) is 16.2. The fraction of sp³-hybridized carbons (Fsp3) is 0.391. The number of amides is 1. The van der Waals surface area contributed by atoms with Crippen molar-refractivity contribution in [2.24, 2.45) is 0 Å². The smallest absolute Gasteiger partial charge is 0.407 e. The highest BCUT2D eigenvalue weighted by Gasteiger charge is 2.29. The number of carboxylic acids is 1. The molecule has 0 aromatic heterocycles. The zero-order chi connectivity index (χ0) is 19.9. The molecule has 5 nitrogen and oxygen atoms in total. The Balaban J connectivity index is 1.55. The van der Waals surface area contributed by atoms with Crippen LogP contribution in [0.25, 0.3) is 11.1 Å². The van der Waals surface area contributed by atoms with Crippen LogP contribution in [0.1, 0.15) is 56.1 Å². The Morgan fingerprint density at radius 2 is 1.64 bits per heavy atom. The van der Waals surface area contributed by atoms with E-state index in [4.69, 9.17) is 9.84 Å². The summed E-state index contributed by atoms with van der Waals surface area (Å²) in [5.74, 6) is -0.730. The minimum atomic E-state index is -0.780. The number of alkyl carbamates (subject to hydrolysis) is 1. The molecule has 0 saturated heterocycles. The van der Waals surface area contributed by atoms with Crippen LogP contribution in [-0.2, 0) is 9.53 Å². The quantitative estimate of drug-likeness (QED) is 0.603. The second-order valence-corrected chi connectivity index (χ2v) is 7.21. The van der Waals surface area contributed by atoms with E-state index in [1.165, 1.54) is 22.3 Å². The third-order valence-corrected chi connectivity index (χ3v) is 5.35. The lowest BCUT2D eigenvalue weighted by atomic mass is 9.98. The van der Waals surface area contributed by atoms with Crippen LogP contribution in [0.3, 0.4) is 0 Å². The monoisotopic (exact) mass is 381 g/mol. The molecule has 0 saturated carbocycles. The van der Waals surface area contributed by atoms with Gasteiger partial charge in [0.2, 0.25) is 0 Å². The summed E-state index contributed by atoms with van der Waals surface area (Å²) in [7, 11) is 0. The molecule has 5 heteroatoms. The first-order valence-electron chi connectivity index (χ1n) is 9.93. The number of benzene rings is 2. The van der Waals surface area contributed by atoms with Crippen LogP contribution in [-0.4, -0.2) is 29.8 Å². The van der Waals surface area contributed by atoms with Crippen LogP contribution in [0, 0.1) is 0 Å². The lowest BCUT2D eigenvalue weighted by Gasteiger charge is -2.19. The van der Waals surface area contributed by atoms with Crippen molar-refractivity contribution in [3.63, 3.8) is 0 Å². The van der Waals surface area contributed by atoms with Crippen LogP contribution in [0.15, 0.2) is 48.5 Å². The number of carbonyl (C=O) groups is 2. The summed E-state index contributed by atoms with van der Waals surface area (Å²) in [5.41, 5.74) is 4.79. The molecule has 1 unspecified atom stereocenters. The molecule has 0 radical (unpaired) electrons.